The molecule has 0 N–H and O–H groups in total. The van der Waals surface area contributed by atoms with Crippen molar-refractivity contribution >= 4 is 48.8 Å². The van der Waals surface area contributed by atoms with Gasteiger partial charge in [-0.3, -0.25) is 0 Å². The van der Waals surface area contributed by atoms with Crippen molar-refractivity contribution in [1.29, 1.82) is 0 Å². The molecule has 2 heterocycles. The van der Waals surface area contributed by atoms with Crippen LogP contribution >= 0.6 is 15.9 Å². The Labute approximate surface area is 181 Å². The van der Waals surface area contributed by atoms with Crippen molar-refractivity contribution in [3.8, 4) is 16.9 Å². The van der Waals surface area contributed by atoms with Gasteiger partial charge in [0, 0.05) is 22.0 Å². The maximum Gasteiger partial charge on any atom is 0.133 e. The average molecular weight is 450 g/mol. The summed E-state index contributed by atoms with van der Waals surface area (Å²) in [4.78, 5) is 9.48. The van der Waals surface area contributed by atoms with E-state index >= 15 is 0 Å². The van der Waals surface area contributed by atoms with Crippen LogP contribution in [0.1, 0.15) is 0 Å². The van der Waals surface area contributed by atoms with Crippen LogP contribution in [0.15, 0.2) is 102 Å². The minimum Gasteiger partial charge on any atom is -0.309 e. The van der Waals surface area contributed by atoms with Crippen LogP contribution in [0.3, 0.4) is 0 Å². The molecule has 2 aromatic heterocycles. The molecule has 0 aliphatic rings. The van der Waals surface area contributed by atoms with E-state index < -0.39 is 0 Å². The van der Waals surface area contributed by atoms with Crippen LogP contribution in [0.4, 0.5) is 0 Å². The molecule has 0 bridgehead atoms. The highest BCUT2D eigenvalue weighted by atomic mass is 79.9. The monoisotopic (exact) mass is 449 g/mol. The Morgan fingerprint density at radius 2 is 1.10 bits per heavy atom. The lowest BCUT2D eigenvalue weighted by Crippen LogP contribution is -1.95. The second kappa shape index (κ2) is 6.78. The first kappa shape index (κ1) is 17.4. The zero-order chi connectivity index (χ0) is 20.1. The van der Waals surface area contributed by atoms with Gasteiger partial charge in [-0.2, -0.15) is 0 Å². The van der Waals surface area contributed by atoms with Crippen molar-refractivity contribution in [2.45, 2.75) is 0 Å². The molecule has 6 rings (SSSR count). The lowest BCUT2D eigenvalue weighted by atomic mass is 10.1. The molecule has 6 aromatic rings. The number of para-hydroxylation sites is 4. The molecule has 0 saturated carbocycles. The van der Waals surface area contributed by atoms with Crippen LogP contribution in [0.5, 0.6) is 0 Å². The summed E-state index contributed by atoms with van der Waals surface area (Å²) < 4.78 is 3.07. The molecule has 0 atom stereocenters. The van der Waals surface area contributed by atoms with E-state index in [4.69, 9.17) is 4.98 Å². The molecule has 30 heavy (non-hydrogen) atoms. The van der Waals surface area contributed by atoms with E-state index in [1.165, 1.54) is 21.8 Å². The molecule has 0 amide bonds. The molecular weight excluding hydrogens is 434 g/mol. The first-order chi connectivity index (χ1) is 14.8. The number of halogens is 1. The molecule has 0 radical (unpaired) electrons. The molecule has 142 valence electrons. The fraction of sp³-hybridized carbons (Fsp3) is 0. The number of aromatic nitrogens is 3. The summed E-state index contributed by atoms with van der Waals surface area (Å²) in [6.07, 6.45) is 0. The van der Waals surface area contributed by atoms with Crippen LogP contribution in [0, 0.1) is 0 Å². The van der Waals surface area contributed by atoms with Crippen LogP contribution in [-0.2, 0) is 0 Å². The third-order valence-electron chi connectivity index (χ3n) is 5.51. The van der Waals surface area contributed by atoms with Gasteiger partial charge in [0.15, 0.2) is 0 Å². The summed E-state index contributed by atoms with van der Waals surface area (Å²) in [5, 5.41) is 2.53. The van der Waals surface area contributed by atoms with Crippen molar-refractivity contribution in [3.63, 3.8) is 0 Å². The summed E-state index contributed by atoms with van der Waals surface area (Å²) in [7, 11) is 0. The van der Waals surface area contributed by atoms with Gasteiger partial charge in [0.25, 0.3) is 0 Å². The van der Waals surface area contributed by atoms with Gasteiger partial charge in [-0.1, -0.05) is 60.7 Å². The summed E-state index contributed by atoms with van der Waals surface area (Å²) in [6.45, 7) is 0. The van der Waals surface area contributed by atoms with E-state index in [-0.39, 0.29) is 0 Å². The second-order valence-electron chi connectivity index (χ2n) is 7.27. The first-order valence-corrected chi connectivity index (χ1v) is 10.6. The number of rotatable bonds is 2. The number of benzene rings is 4. The number of fused-ring (bicyclic) bond motifs is 4. The van der Waals surface area contributed by atoms with Gasteiger partial charge in [0.2, 0.25) is 0 Å². The lowest BCUT2D eigenvalue weighted by Gasteiger charge is -2.10. The Balaban J connectivity index is 1.52. The van der Waals surface area contributed by atoms with Gasteiger partial charge in [0.1, 0.15) is 10.3 Å². The van der Waals surface area contributed by atoms with Gasteiger partial charge in [-0.25, -0.2) is 9.97 Å². The van der Waals surface area contributed by atoms with Gasteiger partial charge in [-0.15, -0.1) is 0 Å². The summed E-state index contributed by atoms with van der Waals surface area (Å²) in [6, 6.07) is 33.5. The molecule has 0 saturated heterocycles. The van der Waals surface area contributed by atoms with Crippen LogP contribution in [0.25, 0.3) is 49.8 Å². The van der Waals surface area contributed by atoms with Gasteiger partial charge in [-0.05, 0) is 52.3 Å². The zero-order valence-electron chi connectivity index (χ0n) is 16.0. The number of hydrogen-bond acceptors (Lipinski definition) is 2. The molecule has 0 spiro atoms. The topological polar surface area (TPSA) is 30.7 Å². The van der Waals surface area contributed by atoms with E-state index in [1.807, 2.05) is 24.3 Å². The van der Waals surface area contributed by atoms with Crippen molar-refractivity contribution in [2.75, 3.05) is 0 Å². The second-order valence-corrected chi connectivity index (χ2v) is 8.02. The average Bonchev–Trinajstić information content (AvgIpc) is 3.13. The third kappa shape index (κ3) is 2.65. The highest BCUT2D eigenvalue weighted by molar-refractivity contribution is 9.10. The van der Waals surface area contributed by atoms with Crippen LogP contribution in [-0.4, -0.2) is 14.5 Å². The van der Waals surface area contributed by atoms with E-state index in [2.05, 4.69) is 98.3 Å². The zero-order valence-corrected chi connectivity index (χ0v) is 17.5. The van der Waals surface area contributed by atoms with Gasteiger partial charge < -0.3 is 4.57 Å². The molecule has 0 unspecified atom stereocenters. The SMILES string of the molecule is Brc1nc2ccccc2nc1-c1ccc(-n2c3ccccc3c3ccccc32)cc1. The van der Waals surface area contributed by atoms with Crippen molar-refractivity contribution in [2.24, 2.45) is 0 Å². The van der Waals surface area contributed by atoms with E-state index in [1.54, 1.807) is 0 Å². The van der Waals surface area contributed by atoms with E-state index in [9.17, 15) is 0 Å². The molecule has 4 aromatic carbocycles. The van der Waals surface area contributed by atoms with Gasteiger partial charge in [0.05, 0.1) is 22.1 Å². The molecule has 0 aliphatic heterocycles. The highest BCUT2D eigenvalue weighted by Crippen LogP contribution is 2.33. The molecule has 3 nitrogen and oxygen atoms in total. The summed E-state index contributed by atoms with van der Waals surface area (Å²) in [5.41, 5.74) is 7.20. The minimum absolute atomic E-state index is 0.755. The Morgan fingerprint density at radius 1 is 0.567 bits per heavy atom. The van der Waals surface area contributed by atoms with E-state index in [0.717, 1.165) is 32.6 Å². The molecule has 0 fully saturated rings. The standard InChI is InChI=1S/C26H16BrN3/c27-26-25(28-21-9-3-4-10-22(21)29-26)17-13-15-18(16-14-17)30-23-11-5-1-7-19(23)20-8-2-6-12-24(20)30/h1-16H. The molecule has 0 aliphatic carbocycles. The molecule has 4 heteroatoms. The largest absolute Gasteiger partial charge is 0.309 e. The van der Waals surface area contributed by atoms with Crippen molar-refractivity contribution < 1.29 is 0 Å². The highest BCUT2D eigenvalue weighted by Gasteiger charge is 2.13. The summed E-state index contributed by atoms with van der Waals surface area (Å²) in [5.74, 6) is 0. The maximum absolute atomic E-state index is 4.82. The maximum atomic E-state index is 4.82. The smallest absolute Gasteiger partial charge is 0.133 e. The Bertz CT molecular complexity index is 1500. The Kier molecular flexibility index (Phi) is 3.93. The molecular formula is C26H16BrN3. The predicted molar refractivity (Wildman–Crippen MR) is 127 cm³/mol. The summed E-state index contributed by atoms with van der Waals surface area (Å²) >= 11 is 3.60. The number of hydrogen-bond donors (Lipinski definition) is 0. The van der Waals surface area contributed by atoms with Crippen molar-refractivity contribution in [3.05, 3.63) is 102 Å². The quantitative estimate of drug-likeness (QED) is 0.280. The lowest BCUT2D eigenvalue weighted by molar-refractivity contribution is 1.18. The normalized spacial score (nSPS) is 11.5. The number of nitrogens with zero attached hydrogens (tertiary/aromatic N) is 3. The Morgan fingerprint density at radius 3 is 1.73 bits per heavy atom. The van der Waals surface area contributed by atoms with E-state index in [0.29, 0.717) is 0 Å². The van der Waals surface area contributed by atoms with Crippen molar-refractivity contribution in [1.82, 2.24) is 14.5 Å². The third-order valence-corrected chi connectivity index (χ3v) is 6.06. The fourth-order valence-electron chi connectivity index (χ4n) is 4.13. The van der Waals surface area contributed by atoms with Gasteiger partial charge >= 0.3 is 0 Å². The van der Waals surface area contributed by atoms with Crippen LogP contribution in [0.2, 0.25) is 0 Å². The minimum atomic E-state index is 0.755. The Hall–Kier alpha value is -3.50. The first-order valence-electron chi connectivity index (χ1n) is 9.81. The predicted octanol–water partition coefficient (Wildman–Crippen LogP) is 7.16. The van der Waals surface area contributed by atoms with Crippen LogP contribution < -0.4 is 0 Å². The fourth-order valence-corrected chi connectivity index (χ4v) is 4.64.